The van der Waals surface area contributed by atoms with Crippen molar-refractivity contribution in [2.45, 2.75) is 25.0 Å². The van der Waals surface area contributed by atoms with Gasteiger partial charge < -0.3 is 9.80 Å². The van der Waals surface area contributed by atoms with Crippen LogP contribution in [-0.4, -0.2) is 60.0 Å². The van der Waals surface area contributed by atoms with Gasteiger partial charge in [-0.15, -0.1) is 0 Å². The Morgan fingerprint density at radius 1 is 1.48 bits per heavy atom. The molecule has 114 valence electrons. The summed E-state index contributed by atoms with van der Waals surface area (Å²) in [6.07, 6.45) is 2.84. The highest BCUT2D eigenvalue weighted by Gasteiger charge is 2.43. The van der Waals surface area contributed by atoms with Gasteiger partial charge in [-0.25, -0.2) is 5.43 Å². The first-order valence-corrected chi connectivity index (χ1v) is 7.49. The van der Waals surface area contributed by atoms with E-state index in [0.717, 1.165) is 25.2 Å². The molecule has 3 heterocycles. The number of rotatable bonds is 3. The van der Waals surface area contributed by atoms with Crippen LogP contribution in [0.15, 0.2) is 24.4 Å². The zero-order chi connectivity index (χ0) is 14.8. The highest BCUT2D eigenvalue weighted by Crippen LogP contribution is 2.24. The Labute approximate surface area is 125 Å². The number of nitrogens with one attached hydrogen (secondary N) is 2. The molecule has 0 aliphatic carbocycles. The fourth-order valence-electron chi connectivity index (χ4n) is 3.27. The molecule has 2 aliphatic rings. The summed E-state index contributed by atoms with van der Waals surface area (Å²) in [5.41, 5.74) is 7.40. The molecule has 3 unspecified atom stereocenters. The molecule has 2 saturated heterocycles. The van der Waals surface area contributed by atoms with Crippen molar-refractivity contribution < 1.29 is 4.79 Å². The van der Waals surface area contributed by atoms with Crippen molar-refractivity contribution in [2.75, 3.05) is 27.2 Å². The Morgan fingerprint density at radius 2 is 2.33 bits per heavy atom. The van der Waals surface area contributed by atoms with E-state index in [1.807, 2.05) is 25.2 Å². The fraction of sp³-hybridized carbons (Fsp3) is 0.600. The standard InChI is InChI=1S/C15H23N5O/c1-19-8-6-13-12(10-19)14(18-17-13)15(21)20(2)9-11-5-3-4-7-16-11/h3-5,7,12-14,17-18H,6,8-10H2,1-2H3. The maximum absolute atomic E-state index is 12.7. The highest BCUT2D eigenvalue weighted by atomic mass is 16.2. The van der Waals surface area contributed by atoms with E-state index in [9.17, 15) is 4.79 Å². The first-order valence-electron chi connectivity index (χ1n) is 7.49. The molecule has 2 fully saturated rings. The molecule has 2 aliphatic heterocycles. The molecule has 6 heteroatoms. The normalized spacial score (nSPS) is 29.1. The minimum absolute atomic E-state index is 0.135. The van der Waals surface area contributed by atoms with E-state index in [2.05, 4.69) is 27.8 Å². The van der Waals surface area contributed by atoms with Gasteiger partial charge in [0.15, 0.2) is 0 Å². The molecule has 0 saturated carbocycles. The second-order valence-electron chi connectivity index (χ2n) is 6.10. The molecule has 3 rings (SSSR count). The van der Waals surface area contributed by atoms with Gasteiger partial charge in [-0.05, 0) is 32.1 Å². The van der Waals surface area contributed by atoms with E-state index in [-0.39, 0.29) is 11.9 Å². The minimum Gasteiger partial charge on any atom is -0.338 e. The van der Waals surface area contributed by atoms with Gasteiger partial charge in [-0.3, -0.25) is 15.2 Å². The number of likely N-dealkylation sites (N-methyl/N-ethyl adjacent to an activating group) is 1. The van der Waals surface area contributed by atoms with Crippen molar-refractivity contribution >= 4 is 5.91 Å². The molecule has 0 radical (unpaired) electrons. The van der Waals surface area contributed by atoms with Crippen LogP contribution in [0.4, 0.5) is 0 Å². The van der Waals surface area contributed by atoms with Crippen molar-refractivity contribution in [2.24, 2.45) is 5.92 Å². The van der Waals surface area contributed by atoms with E-state index in [1.54, 1.807) is 11.1 Å². The third-order valence-electron chi connectivity index (χ3n) is 4.48. The monoisotopic (exact) mass is 289 g/mol. The van der Waals surface area contributed by atoms with Crippen LogP contribution in [0.5, 0.6) is 0 Å². The van der Waals surface area contributed by atoms with Gasteiger partial charge in [-0.1, -0.05) is 6.07 Å². The van der Waals surface area contributed by atoms with Gasteiger partial charge >= 0.3 is 0 Å². The van der Waals surface area contributed by atoms with E-state index >= 15 is 0 Å². The fourth-order valence-corrected chi connectivity index (χ4v) is 3.27. The van der Waals surface area contributed by atoms with Crippen LogP contribution in [0.1, 0.15) is 12.1 Å². The van der Waals surface area contributed by atoms with Crippen molar-refractivity contribution in [1.29, 1.82) is 0 Å². The van der Waals surface area contributed by atoms with Crippen molar-refractivity contribution in [3.05, 3.63) is 30.1 Å². The van der Waals surface area contributed by atoms with Crippen LogP contribution >= 0.6 is 0 Å². The number of aromatic nitrogens is 1. The predicted molar refractivity (Wildman–Crippen MR) is 80.2 cm³/mol. The van der Waals surface area contributed by atoms with E-state index in [4.69, 9.17) is 0 Å². The molecule has 3 atom stereocenters. The minimum atomic E-state index is -0.147. The van der Waals surface area contributed by atoms with Crippen LogP contribution in [0.2, 0.25) is 0 Å². The Balaban J connectivity index is 1.64. The van der Waals surface area contributed by atoms with E-state index in [0.29, 0.717) is 18.5 Å². The summed E-state index contributed by atoms with van der Waals surface area (Å²) in [6, 6.07) is 6.03. The zero-order valence-corrected chi connectivity index (χ0v) is 12.6. The third-order valence-corrected chi connectivity index (χ3v) is 4.48. The van der Waals surface area contributed by atoms with E-state index < -0.39 is 0 Å². The number of pyridine rings is 1. The average Bonchev–Trinajstić information content (AvgIpc) is 2.90. The third kappa shape index (κ3) is 3.07. The molecule has 6 nitrogen and oxygen atoms in total. The number of hydrogen-bond acceptors (Lipinski definition) is 5. The van der Waals surface area contributed by atoms with Crippen molar-refractivity contribution in [3.63, 3.8) is 0 Å². The Morgan fingerprint density at radius 3 is 3.10 bits per heavy atom. The number of nitrogens with zero attached hydrogens (tertiary/aromatic N) is 3. The summed E-state index contributed by atoms with van der Waals surface area (Å²) < 4.78 is 0. The summed E-state index contributed by atoms with van der Waals surface area (Å²) in [5.74, 6) is 0.471. The molecule has 0 bridgehead atoms. The van der Waals surface area contributed by atoms with Gasteiger partial charge in [0.1, 0.15) is 6.04 Å². The highest BCUT2D eigenvalue weighted by molar-refractivity contribution is 5.82. The smallest absolute Gasteiger partial charge is 0.241 e. The van der Waals surface area contributed by atoms with Gasteiger partial charge in [0.2, 0.25) is 5.91 Å². The van der Waals surface area contributed by atoms with Crippen LogP contribution in [0.25, 0.3) is 0 Å². The van der Waals surface area contributed by atoms with Crippen LogP contribution in [-0.2, 0) is 11.3 Å². The number of amides is 1. The number of carbonyl (C=O) groups excluding carboxylic acids is 1. The molecule has 21 heavy (non-hydrogen) atoms. The number of hydrogen-bond donors (Lipinski definition) is 2. The Hall–Kier alpha value is -1.50. The Kier molecular flexibility index (Phi) is 4.19. The number of hydrazine groups is 1. The molecule has 2 N–H and O–H groups in total. The number of fused-ring (bicyclic) bond motifs is 1. The molecular formula is C15H23N5O. The number of carbonyl (C=O) groups is 1. The van der Waals surface area contributed by atoms with Gasteiger partial charge in [0.05, 0.1) is 12.2 Å². The zero-order valence-electron chi connectivity index (χ0n) is 12.6. The molecule has 1 amide bonds. The lowest BCUT2D eigenvalue weighted by atomic mass is 9.88. The van der Waals surface area contributed by atoms with Crippen molar-refractivity contribution in [3.8, 4) is 0 Å². The quantitative estimate of drug-likeness (QED) is 0.809. The van der Waals surface area contributed by atoms with Crippen LogP contribution in [0, 0.1) is 5.92 Å². The Bertz CT molecular complexity index is 494. The van der Waals surface area contributed by atoms with Crippen molar-refractivity contribution in [1.82, 2.24) is 25.6 Å². The molecule has 0 spiro atoms. The summed E-state index contributed by atoms with van der Waals surface area (Å²) in [5, 5.41) is 0. The average molecular weight is 289 g/mol. The molecule has 1 aromatic heterocycles. The number of likely N-dealkylation sites (tertiary alicyclic amines) is 1. The molecule has 0 aromatic carbocycles. The SMILES string of the molecule is CN1CCC2NNC(C(=O)N(C)Cc3ccccn3)C2C1. The summed E-state index contributed by atoms with van der Waals surface area (Å²) >= 11 is 0. The second-order valence-corrected chi connectivity index (χ2v) is 6.10. The first-order chi connectivity index (χ1) is 10.1. The first kappa shape index (κ1) is 14.4. The topological polar surface area (TPSA) is 60.5 Å². The van der Waals surface area contributed by atoms with Crippen LogP contribution < -0.4 is 10.9 Å². The summed E-state index contributed by atoms with van der Waals surface area (Å²) in [4.78, 5) is 21.0. The summed E-state index contributed by atoms with van der Waals surface area (Å²) in [7, 11) is 3.96. The maximum atomic E-state index is 12.7. The second kappa shape index (κ2) is 6.09. The van der Waals surface area contributed by atoms with E-state index in [1.165, 1.54) is 0 Å². The van der Waals surface area contributed by atoms with Gasteiger partial charge in [0.25, 0.3) is 0 Å². The largest absolute Gasteiger partial charge is 0.338 e. The predicted octanol–water partition coefficient (Wildman–Crippen LogP) is -0.163. The van der Waals surface area contributed by atoms with Gasteiger partial charge in [-0.2, -0.15) is 0 Å². The van der Waals surface area contributed by atoms with Crippen LogP contribution in [0.3, 0.4) is 0 Å². The molecular weight excluding hydrogens is 266 g/mol. The van der Waals surface area contributed by atoms with Gasteiger partial charge in [0, 0.05) is 31.7 Å². The maximum Gasteiger partial charge on any atom is 0.241 e. The lowest BCUT2D eigenvalue weighted by molar-refractivity contribution is -0.133. The number of piperidine rings is 1. The molecule has 1 aromatic rings. The summed E-state index contributed by atoms with van der Waals surface area (Å²) in [6.45, 7) is 2.59. The lowest BCUT2D eigenvalue weighted by Gasteiger charge is -2.34. The lowest BCUT2D eigenvalue weighted by Crippen LogP contribution is -2.49.